The SMILES string of the molecule is CCOc1cccc2c1OC(c1cccnc1)N1N=C(c3cccs3)CC21. The topological polar surface area (TPSA) is 47.0 Å². The summed E-state index contributed by atoms with van der Waals surface area (Å²) in [6.07, 6.45) is 4.14. The zero-order chi connectivity index (χ0) is 18.2. The van der Waals surface area contributed by atoms with Gasteiger partial charge in [0, 0.05) is 29.9 Å². The van der Waals surface area contributed by atoms with Gasteiger partial charge in [-0.15, -0.1) is 11.3 Å². The lowest BCUT2D eigenvalue weighted by atomic mass is 9.97. The lowest BCUT2D eigenvalue weighted by Gasteiger charge is -2.38. The molecule has 5 nitrogen and oxygen atoms in total. The summed E-state index contributed by atoms with van der Waals surface area (Å²) in [5.41, 5.74) is 3.20. The van der Waals surface area contributed by atoms with Crippen molar-refractivity contribution in [3.8, 4) is 11.5 Å². The Kier molecular flexibility index (Phi) is 4.05. The average molecular weight is 377 g/mol. The van der Waals surface area contributed by atoms with E-state index in [1.807, 2.05) is 37.4 Å². The molecule has 0 fully saturated rings. The van der Waals surface area contributed by atoms with E-state index in [0.717, 1.165) is 34.8 Å². The van der Waals surface area contributed by atoms with Crippen LogP contribution in [0.5, 0.6) is 11.5 Å². The van der Waals surface area contributed by atoms with Gasteiger partial charge < -0.3 is 9.47 Å². The number of thiophene rings is 1. The van der Waals surface area contributed by atoms with Gasteiger partial charge in [-0.3, -0.25) is 4.98 Å². The third kappa shape index (κ3) is 2.77. The fourth-order valence-electron chi connectivity index (χ4n) is 3.69. The van der Waals surface area contributed by atoms with Gasteiger partial charge in [0.05, 0.1) is 23.2 Å². The van der Waals surface area contributed by atoms with E-state index in [1.54, 1.807) is 17.5 Å². The molecule has 0 N–H and O–H groups in total. The molecule has 0 bridgehead atoms. The summed E-state index contributed by atoms with van der Waals surface area (Å²) in [7, 11) is 0. The molecule has 2 aromatic heterocycles. The maximum Gasteiger partial charge on any atom is 0.215 e. The van der Waals surface area contributed by atoms with Gasteiger partial charge in [-0.25, -0.2) is 5.01 Å². The molecule has 2 aliphatic heterocycles. The van der Waals surface area contributed by atoms with Crippen LogP contribution in [0.3, 0.4) is 0 Å². The van der Waals surface area contributed by atoms with Gasteiger partial charge in [0.2, 0.25) is 6.23 Å². The number of pyridine rings is 1. The van der Waals surface area contributed by atoms with Gasteiger partial charge in [0.25, 0.3) is 0 Å². The van der Waals surface area contributed by atoms with Gasteiger partial charge in [-0.2, -0.15) is 5.10 Å². The summed E-state index contributed by atoms with van der Waals surface area (Å²) in [5, 5.41) is 9.11. The number of benzene rings is 1. The lowest BCUT2D eigenvalue weighted by Crippen LogP contribution is -2.34. The summed E-state index contributed by atoms with van der Waals surface area (Å²) in [6.45, 7) is 2.59. The molecule has 3 aromatic rings. The van der Waals surface area contributed by atoms with Crippen molar-refractivity contribution >= 4 is 17.0 Å². The van der Waals surface area contributed by atoms with Crippen molar-refractivity contribution in [2.45, 2.75) is 25.6 Å². The summed E-state index contributed by atoms with van der Waals surface area (Å²) in [4.78, 5) is 5.48. The molecule has 0 spiro atoms. The van der Waals surface area contributed by atoms with Crippen LogP contribution in [-0.2, 0) is 0 Å². The van der Waals surface area contributed by atoms with E-state index in [0.29, 0.717) is 6.61 Å². The normalized spacial score (nSPS) is 20.5. The molecular formula is C21H19N3O2S. The predicted octanol–water partition coefficient (Wildman–Crippen LogP) is 4.78. The number of rotatable bonds is 4. The summed E-state index contributed by atoms with van der Waals surface area (Å²) in [6, 6.07) is 14.4. The Morgan fingerprint density at radius 3 is 2.96 bits per heavy atom. The molecule has 1 aromatic carbocycles. The first-order chi connectivity index (χ1) is 13.3. The van der Waals surface area contributed by atoms with E-state index in [-0.39, 0.29) is 12.3 Å². The number of fused-ring (bicyclic) bond motifs is 3. The van der Waals surface area contributed by atoms with Gasteiger partial charge >= 0.3 is 0 Å². The van der Waals surface area contributed by atoms with Crippen molar-refractivity contribution in [3.63, 3.8) is 0 Å². The third-order valence-corrected chi connectivity index (χ3v) is 5.77. The first-order valence-corrected chi connectivity index (χ1v) is 9.95. The van der Waals surface area contributed by atoms with Gasteiger partial charge in [-0.1, -0.05) is 24.3 Å². The minimum Gasteiger partial charge on any atom is -0.490 e. The predicted molar refractivity (Wildman–Crippen MR) is 105 cm³/mol. The molecule has 0 radical (unpaired) electrons. The van der Waals surface area contributed by atoms with Crippen LogP contribution in [0.1, 0.15) is 41.6 Å². The van der Waals surface area contributed by atoms with Crippen LogP contribution in [0.25, 0.3) is 0 Å². The van der Waals surface area contributed by atoms with E-state index in [2.05, 4.69) is 33.6 Å². The smallest absolute Gasteiger partial charge is 0.215 e. The Morgan fingerprint density at radius 1 is 1.22 bits per heavy atom. The number of para-hydroxylation sites is 1. The van der Waals surface area contributed by atoms with Crippen molar-refractivity contribution in [1.29, 1.82) is 0 Å². The minimum absolute atomic E-state index is 0.122. The van der Waals surface area contributed by atoms with E-state index in [1.165, 1.54) is 4.88 Å². The van der Waals surface area contributed by atoms with Gasteiger partial charge in [0.15, 0.2) is 11.5 Å². The molecule has 0 amide bonds. The van der Waals surface area contributed by atoms with Crippen molar-refractivity contribution in [2.24, 2.45) is 5.10 Å². The summed E-state index contributed by atoms with van der Waals surface area (Å²) >= 11 is 1.72. The molecule has 2 atom stereocenters. The monoisotopic (exact) mass is 377 g/mol. The number of hydrogen-bond donors (Lipinski definition) is 0. The Morgan fingerprint density at radius 2 is 2.19 bits per heavy atom. The van der Waals surface area contributed by atoms with Crippen LogP contribution >= 0.6 is 11.3 Å². The van der Waals surface area contributed by atoms with Crippen LogP contribution in [0, 0.1) is 0 Å². The molecule has 2 unspecified atom stereocenters. The zero-order valence-electron chi connectivity index (χ0n) is 14.9. The number of hydrogen-bond acceptors (Lipinski definition) is 6. The van der Waals surface area contributed by atoms with E-state index in [4.69, 9.17) is 14.6 Å². The van der Waals surface area contributed by atoms with Crippen LogP contribution in [0.15, 0.2) is 65.3 Å². The molecule has 0 saturated heterocycles. The van der Waals surface area contributed by atoms with Crippen LogP contribution in [-0.4, -0.2) is 22.3 Å². The highest BCUT2D eigenvalue weighted by atomic mass is 32.1. The fraction of sp³-hybridized carbons (Fsp3) is 0.238. The van der Waals surface area contributed by atoms with E-state index >= 15 is 0 Å². The molecule has 27 heavy (non-hydrogen) atoms. The van der Waals surface area contributed by atoms with E-state index < -0.39 is 0 Å². The van der Waals surface area contributed by atoms with Crippen molar-refractivity contribution < 1.29 is 9.47 Å². The quantitative estimate of drug-likeness (QED) is 0.656. The Labute approximate surface area is 161 Å². The number of hydrazone groups is 1. The second-order valence-electron chi connectivity index (χ2n) is 6.49. The molecular weight excluding hydrogens is 358 g/mol. The lowest BCUT2D eigenvalue weighted by molar-refractivity contribution is -0.0214. The molecule has 5 rings (SSSR count). The minimum atomic E-state index is -0.324. The Balaban J connectivity index is 1.62. The maximum absolute atomic E-state index is 6.44. The van der Waals surface area contributed by atoms with Crippen molar-refractivity contribution in [2.75, 3.05) is 6.61 Å². The molecule has 0 saturated carbocycles. The average Bonchev–Trinajstić information content (AvgIpc) is 3.38. The Hall–Kier alpha value is -2.86. The third-order valence-electron chi connectivity index (χ3n) is 4.86. The van der Waals surface area contributed by atoms with Gasteiger partial charge in [-0.05, 0) is 30.5 Å². The van der Waals surface area contributed by atoms with Crippen LogP contribution in [0.2, 0.25) is 0 Å². The standard InChI is InChI=1S/C21H19N3O2S/c1-2-25-18-8-3-7-15-17-12-16(19-9-5-11-27-19)23-24(17)21(26-20(15)18)14-6-4-10-22-13-14/h3-11,13,17,21H,2,12H2,1H3. The maximum atomic E-state index is 6.44. The number of nitrogens with zero attached hydrogens (tertiary/aromatic N) is 3. The second-order valence-corrected chi connectivity index (χ2v) is 7.44. The highest BCUT2D eigenvalue weighted by Crippen LogP contribution is 2.50. The first-order valence-electron chi connectivity index (χ1n) is 9.07. The Bertz CT molecular complexity index is 972. The zero-order valence-corrected chi connectivity index (χ0v) is 15.7. The van der Waals surface area contributed by atoms with E-state index in [9.17, 15) is 0 Å². The van der Waals surface area contributed by atoms with Crippen LogP contribution < -0.4 is 9.47 Å². The first kappa shape index (κ1) is 16.3. The molecule has 0 aliphatic carbocycles. The second kappa shape index (κ2) is 6.70. The highest BCUT2D eigenvalue weighted by Gasteiger charge is 2.42. The van der Waals surface area contributed by atoms with Gasteiger partial charge in [0.1, 0.15) is 0 Å². The summed E-state index contributed by atoms with van der Waals surface area (Å²) < 4.78 is 12.3. The fourth-order valence-corrected chi connectivity index (χ4v) is 4.41. The van der Waals surface area contributed by atoms with Crippen LogP contribution in [0.4, 0.5) is 0 Å². The highest BCUT2D eigenvalue weighted by molar-refractivity contribution is 7.12. The largest absolute Gasteiger partial charge is 0.490 e. The molecule has 6 heteroatoms. The molecule has 2 aliphatic rings. The molecule has 4 heterocycles. The number of ether oxygens (including phenoxy) is 2. The summed E-state index contributed by atoms with van der Waals surface area (Å²) in [5.74, 6) is 1.60. The number of aromatic nitrogens is 1. The molecule has 136 valence electrons. The van der Waals surface area contributed by atoms with Crippen molar-refractivity contribution in [1.82, 2.24) is 9.99 Å². The van der Waals surface area contributed by atoms with Crippen molar-refractivity contribution in [3.05, 3.63) is 76.2 Å².